The lowest BCUT2D eigenvalue weighted by Crippen LogP contribution is -2.18. The van der Waals surface area contributed by atoms with Crippen molar-refractivity contribution >= 4 is 11.5 Å². The van der Waals surface area contributed by atoms with Crippen molar-refractivity contribution in [3.05, 3.63) is 47.8 Å². The maximum Gasteiger partial charge on any atom is 0.200 e. The summed E-state index contributed by atoms with van der Waals surface area (Å²) in [6.07, 6.45) is 0. The summed E-state index contributed by atoms with van der Waals surface area (Å²) in [7, 11) is 0. The van der Waals surface area contributed by atoms with Crippen LogP contribution in [0.25, 0.3) is 5.65 Å². The van der Waals surface area contributed by atoms with Crippen molar-refractivity contribution in [1.29, 1.82) is 0 Å². The maximum absolute atomic E-state index is 13.1. The predicted molar refractivity (Wildman–Crippen MR) is 76.2 cm³/mol. The van der Waals surface area contributed by atoms with Gasteiger partial charge in [-0.3, -0.25) is 0 Å². The van der Waals surface area contributed by atoms with Gasteiger partial charge in [-0.1, -0.05) is 26.0 Å². The molecule has 3 aromatic rings. The van der Waals surface area contributed by atoms with Crippen molar-refractivity contribution in [1.82, 2.24) is 25.3 Å². The van der Waals surface area contributed by atoms with E-state index in [0.717, 1.165) is 5.56 Å². The van der Waals surface area contributed by atoms with E-state index in [0.29, 0.717) is 17.4 Å². The number of benzene rings is 1. The van der Waals surface area contributed by atoms with E-state index in [9.17, 15) is 4.39 Å². The lowest BCUT2D eigenvalue weighted by molar-refractivity contribution is 0.540. The zero-order chi connectivity index (χ0) is 14.8. The summed E-state index contributed by atoms with van der Waals surface area (Å²) in [4.78, 5) is 0. The number of aromatic nitrogens is 5. The normalized spacial score (nSPS) is 12.8. The molecule has 0 aliphatic heterocycles. The fourth-order valence-electron chi connectivity index (χ4n) is 2.19. The predicted octanol–water partition coefficient (Wildman–Crippen LogP) is 2.47. The quantitative estimate of drug-likeness (QED) is 0.798. The molecule has 7 heteroatoms. The van der Waals surface area contributed by atoms with Gasteiger partial charge >= 0.3 is 0 Å². The molecule has 6 nitrogen and oxygen atoms in total. The van der Waals surface area contributed by atoms with Crippen LogP contribution in [0.3, 0.4) is 0 Å². The molecule has 0 aliphatic carbocycles. The van der Waals surface area contributed by atoms with E-state index >= 15 is 0 Å². The van der Waals surface area contributed by atoms with Gasteiger partial charge in [0.15, 0.2) is 5.65 Å². The van der Waals surface area contributed by atoms with E-state index in [4.69, 9.17) is 0 Å². The lowest BCUT2D eigenvalue weighted by atomic mass is 9.96. The van der Waals surface area contributed by atoms with Crippen molar-refractivity contribution in [3.63, 3.8) is 0 Å². The van der Waals surface area contributed by atoms with E-state index in [1.807, 2.05) is 6.07 Å². The molecular weight excluding hydrogens is 271 g/mol. The van der Waals surface area contributed by atoms with Gasteiger partial charge in [0.2, 0.25) is 0 Å². The number of nitrogens with zero attached hydrogens (tertiary/aromatic N) is 5. The molecule has 1 unspecified atom stereocenters. The van der Waals surface area contributed by atoms with Crippen LogP contribution in [0.15, 0.2) is 36.4 Å². The zero-order valence-electron chi connectivity index (χ0n) is 11.7. The molecule has 1 N–H and O–H groups in total. The number of tetrazole rings is 1. The molecular formula is C14H15FN6. The number of hydrogen-bond donors (Lipinski definition) is 1. The van der Waals surface area contributed by atoms with Gasteiger partial charge in [-0.25, -0.2) is 4.39 Å². The number of rotatable bonds is 4. The third-order valence-electron chi connectivity index (χ3n) is 3.27. The summed E-state index contributed by atoms with van der Waals surface area (Å²) in [6.45, 7) is 4.19. The third-order valence-corrected chi connectivity index (χ3v) is 3.27. The molecule has 0 radical (unpaired) electrons. The number of nitrogens with one attached hydrogen (secondary N) is 1. The number of hydrogen-bond acceptors (Lipinski definition) is 5. The van der Waals surface area contributed by atoms with Crippen molar-refractivity contribution in [3.8, 4) is 0 Å². The SMILES string of the molecule is CC(C)C(Nc1ccc2nnnn2n1)c1ccc(F)cc1. The Balaban J connectivity index is 1.89. The van der Waals surface area contributed by atoms with Crippen molar-refractivity contribution in [2.24, 2.45) is 5.92 Å². The molecule has 3 rings (SSSR count). The first-order valence-corrected chi connectivity index (χ1v) is 6.71. The Labute approximate surface area is 121 Å². The smallest absolute Gasteiger partial charge is 0.200 e. The fourth-order valence-corrected chi connectivity index (χ4v) is 2.19. The molecule has 21 heavy (non-hydrogen) atoms. The summed E-state index contributed by atoms with van der Waals surface area (Å²) in [5.74, 6) is 0.731. The van der Waals surface area contributed by atoms with Crippen LogP contribution in [0.5, 0.6) is 0 Å². The van der Waals surface area contributed by atoms with Gasteiger partial charge in [0.1, 0.15) is 11.6 Å². The molecule has 1 atom stereocenters. The molecule has 0 amide bonds. The number of fused-ring (bicyclic) bond motifs is 1. The first-order valence-electron chi connectivity index (χ1n) is 6.71. The third kappa shape index (κ3) is 2.81. The molecule has 0 saturated carbocycles. The Morgan fingerprint density at radius 3 is 2.57 bits per heavy atom. The highest BCUT2D eigenvalue weighted by Gasteiger charge is 2.16. The Morgan fingerprint density at radius 1 is 1.10 bits per heavy atom. The van der Waals surface area contributed by atoms with Crippen LogP contribution in [-0.2, 0) is 0 Å². The second-order valence-electron chi connectivity index (χ2n) is 5.16. The molecule has 0 spiro atoms. The summed E-state index contributed by atoms with van der Waals surface area (Å²) in [6, 6.07) is 10.1. The van der Waals surface area contributed by atoms with Crippen molar-refractivity contribution in [2.45, 2.75) is 19.9 Å². The highest BCUT2D eigenvalue weighted by Crippen LogP contribution is 2.25. The maximum atomic E-state index is 13.1. The topological polar surface area (TPSA) is 68.0 Å². The second kappa shape index (κ2) is 5.43. The number of halogens is 1. The standard InChI is InChI=1S/C14H15FN6/c1-9(2)14(10-3-5-11(15)6-4-10)16-12-7-8-13-17-19-20-21(13)18-12/h3-9,14H,1-2H3,(H,16,18). The molecule has 0 aliphatic rings. The molecule has 1 aromatic carbocycles. The van der Waals surface area contributed by atoms with Crippen LogP contribution >= 0.6 is 0 Å². The summed E-state index contributed by atoms with van der Waals surface area (Å²) >= 11 is 0. The minimum absolute atomic E-state index is 0.0204. The molecule has 2 heterocycles. The molecule has 2 aromatic heterocycles. The van der Waals surface area contributed by atoms with Crippen molar-refractivity contribution < 1.29 is 4.39 Å². The van der Waals surface area contributed by atoms with E-state index in [1.165, 1.54) is 16.8 Å². The molecule has 0 fully saturated rings. The Hall–Kier alpha value is -2.57. The Kier molecular flexibility index (Phi) is 3.47. The highest BCUT2D eigenvalue weighted by atomic mass is 19.1. The highest BCUT2D eigenvalue weighted by molar-refractivity contribution is 5.44. The van der Waals surface area contributed by atoms with Crippen molar-refractivity contribution in [2.75, 3.05) is 5.32 Å². The van der Waals surface area contributed by atoms with Crippen LogP contribution < -0.4 is 5.32 Å². The molecule has 0 saturated heterocycles. The van der Waals surface area contributed by atoms with E-state index in [1.54, 1.807) is 18.2 Å². The zero-order valence-corrected chi connectivity index (χ0v) is 11.7. The van der Waals surface area contributed by atoms with Gasteiger partial charge in [-0.05, 0) is 46.2 Å². The van der Waals surface area contributed by atoms with Crippen LogP contribution in [0.1, 0.15) is 25.5 Å². The van der Waals surface area contributed by atoms with Gasteiger partial charge < -0.3 is 5.32 Å². The van der Waals surface area contributed by atoms with Crippen LogP contribution in [0.4, 0.5) is 10.2 Å². The Morgan fingerprint density at radius 2 is 1.86 bits per heavy atom. The van der Waals surface area contributed by atoms with Gasteiger partial charge in [0, 0.05) is 0 Å². The van der Waals surface area contributed by atoms with E-state index in [-0.39, 0.29) is 11.9 Å². The average Bonchev–Trinajstić information content (AvgIpc) is 2.93. The summed E-state index contributed by atoms with van der Waals surface area (Å²) in [5.41, 5.74) is 1.59. The minimum Gasteiger partial charge on any atom is -0.362 e. The van der Waals surface area contributed by atoms with Gasteiger partial charge in [0.25, 0.3) is 0 Å². The van der Waals surface area contributed by atoms with Gasteiger partial charge in [0.05, 0.1) is 6.04 Å². The minimum atomic E-state index is -0.241. The first kappa shape index (κ1) is 13.4. The van der Waals surface area contributed by atoms with E-state index < -0.39 is 0 Å². The molecule has 108 valence electrons. The number of anilines is 1. The monoisotopic (exact) mass is 286 g/mol. The summed E-state index contributed by atoms with van der Waals surface area (Å²) in [5, 5.41) is 18.8. The summed E-state index contributed by atoms with van der Waals surface area (Å²) < 4.78 is 14.4. The largest absolute Gasteiger partial charge is 0.362 e. The van der Waals surface area contributed by atoms with Crippen LogP contribution in [0, 0.1) is 11.7 Å². The Bertz CT molecular complexity index is 737. The first-order chi connectivity index (χ1) is 10.1. The van der Waals surface area contributed by atoms with Crippen LogP contribution in [0.2, 0.25) is 0 Å². The second-order valence-corrected chi connectivity index (χ2v) is 5.16. The fraction of sp³-hybridized carbons (Fsp3) is 0.286. The lowest BCUT2D eigenvalue weighted by Gasteiger charge is -2.23. The van der Waals surface area contributed by atoms with Gasteiger partial charge in [-0.15, -0.1) is 14.8 Å². The average molecular weight is 286 g/mol. The van der Waals surface area contributed by atoms with Crippen LogP contribution in [-0.4, -0.2) is 25.3 Å². The van der Waals surface area contributed by atoms with E-state index in [2.05, 4.69) is 39.8 Å². The van der Waals surface area contributed by atoms with Gasteiger partial charge in [-0.2, -0.15) is 0 Å². The molecule has 0 bridgehead atoms.